The van der Waals surface area contributed by atoms with Crippen LogP contribution in [0.15, 0.2) is 24.3 Å². The lowest BCUT2D eigenvalue weighted by Crippen LogP contribution is -2.63. The first kappa shape index (κ1) is 23.4. The predicted molar refractivity (Wildman–Crippen MR) is 118 cm³/mol. The molecule has 0 saturated carbocycles. The van der Waals surface area contributed by atoms with E-state index >= 15 is 0 Å². The van der Waals surface area contributed by atoms with E-state index in [4.69, 9.17) is 14.7 Å². The Bertz CT molecular complexity index is 781. The second-order valence-electron chi connectivity index (χ2n) is 9.92. The van der Waals surface area contributed by atoms with E-state index in [2.05, 4.69) is 24.8 Å². The van der Waals surface area contributed by atoms with E-state index in [1.165, 1.54) is 0 Å². The van der Waals surface area contributed by atoms with E-state index in [1.807, 2.05) is 25.7 Å². The second kappa shape index (κ2) is 9.46. The van der Waals surface area contributed by atoms with E-state index < -0.39 is 11.7 Å². The molecule has 2 heterocycles. The summed E-state index contributed by atoms with van der Waals surface area (Å²) >= 11 is 0. The van der Waals surface area contributed by atoms with Crippen LogP contribution >= 0.6 is 0 Å². The van der Waals surface area contributed by atoms with E-state index in [9.17, 15) is 9.90 Å². The Morgan fingerprint density at radius 1 is 1.19 bits per heavy atom. The molecule has 1 N–H and O–H groups in total. The lowest BCUT2D eigenvalue weighted by atomic mass is 9.76. The summed E-state index contributed by atoms with van der Waals surface area (Å²) in [6.45, 7) is 12.1. The molecule has 7 heteroatoms. The SMILES string of the molecule is CC1C2CC(CN(C(=O)OC(C)(C)C)C2)C(C)N1C[C@H](O)COc1ccc(C#N)cc1. The number of piperidine rings is 2. The highest BCUT2D eigenvalue weighted by atomic mass is 16.6. The normalized spacial score (nSPS) is 27.3. The molecule has 0 radical (unpaired) electrons. The standard InChI is InChI=1S/C24H35N3O4/c1-16-19-10-20(13-26(12-19)23(29)31-24(3,4)5)17(2)27(16)14-21(28)15-30-22-8-6-18(11-25)7-9-22/h6-9,16-17,19-21,28H,10,12-15H2,1-5H3/t16?,17?,19?,20?,21-/m0/s1. The van der Waals surface area contributed by atoms with E-state index in [0.29, 0.717) is 42.8 Å². The summed E-state index contributed by atoms with van der Waals surface area (Å²) in [5.41, 5.74) is 0.0854. The molecule has 0 aromatic heterocycles. The molecule has 1 amide bonds. The van der Waals surface area contributed by atoms with Gasteiger partial charge in [0.05, 0.1) is 11.6 Å². The van der Waals surface area contributed by atoms with Crippen LogP contribution in [0.2, 0.25) is 0 Å². The molecule has 2 aliphatic rings. The molecular formula is C24H35N3O4. The maximum atomic E-state index is 12.6. The van der Waals surface area contributed by atoms with Gasteiger partial charge in [0.25, 0.3) is 0 Å². The van der Waals surface area contributed by atoms with Crippen molar-refractivity contribution in [3.63, 3.8) is 0 Å². The third kappa shape index (κ3) is 5.90. The predicted octanol–water partition coefficient (Wildman–Crippen LogP) is 3.26. The Morgan fingerprint density at radius 3 is 2.29 bits per heavy atom. The molecule has 0 aliphatic carbocycles. The Balaban J connectivity index is 1.56. The summed E-state index contributed by atoms with van der Waals surface area (Å²) in [6, 6.07) is 9.47. The third-order valence-electron chi connectivity index (χ3n) is 6.43. The van der Waals surface area contributed by atoms with Gasteiger partial charge < -0.3 is 19.5 Å². The maximum absolute atomic E-state index is 12.6. The molecule has 7 nitrogen and oxygen atoms in total. The van der Waals surface area contributed by atoms with Crippen molar-refractivity contribution < 1.29 is 19.4 Å². The monoisotopic (exact) mass is 429 g/mol. The smallest absolute Gasteiger partial charge is 0.410 e. The first-order valence-corrected chi connectivity index (χ1v) is 11.1. The summed E-state index contributed by atoms with van der Waals surface area (Å²) in [5, 5.41) is 19.5. The molecule has 0 spiro atoms. The van der Waals surface area contributed by atoms with Crippen LogP contribution in [0.4, 0.5) is 4.79 Å². The largest absolute Gasteiger partial charge is 0.491 e. The number of hydrogen-bond acceptors (Lipinski definition) is 6. The molecule has 2 aliphatic heterocycles. The van der Waals surface area contributed by atoms with Crippen LogP contribution in [0, 0.1) is 23.2 Å². The zero-order valence-corrected chi connectivity index (χ0v) is 19.2. The van der Waals surface area contributed by atoms with Crippen molar-refractivity contribution in [2.75, 3.05) is 26.2 Å². The molecule has 1 aromatic rings. The summed E-state index contributed by atoms with van der Waals surface area (Å²) in [6.07, 6.45) is 0.239. The highest BCUT2D eigenvalue weighted by Crippen LogP contribution is 2.37. The highest BCUT2D eigenvalue weighted by Gasteiger charge is 2.45. The van der Waals surface area contributed by atoms with Crippen LogP contribution in [-0.4, -0.2) is 71.0 Å². The molecule has 31 heavy (non-hydrogen) atoms. The molecule has 2 bridgehead atoms. The van der Waals surface area contributed by atoms with Crippen LogP contribution in [0.5, 0.6) is 5.75 Å². The number of carbonyl (C=O) groups is 1. The van der Waals surface area contributed by atoms with Crippen molar-refractivity contribution in [3.05, 3.63) is 29.8 Å². The number of amides is 1. The number of nitrogens with zero attached hydrogens (tertiary/aromatic N) is 3. The zero-order valence-electron chi connectivity index (χ0n) is 19.2. The number of rotatable bonds is 5. The second-order valence-corrected chi connectivity index (χ2v) is 9.92. The Hall–Kier alpha value is -2.30. The Morgan fingerprint density at radius 2 is 1.77 bits per heavy atom. The summed E-state index contributed by atoms with van der Waals surface area (Å²) < 4.78 is 11.3. The molecule has 1 aromatic carbocycles. The molecule has 2 saturated heterocycles. The highest BCUT2D eigenvalue weighted by molar-refractivity contribution is 5.68. The molecule has 3 rings (SSSR count). The minimum Gasteiger partial charge on any atom is -0.491 e. The molecule has 170 valence electrons. The first-order valence-electron chi connectivity index (χ1n) is 11.1. The van der Waals surface area contributed by atoms with Crippen LogP contribution in [-0.2, 0) is 4.74 Å². The summed E-state index contributed by atoms with van der Waals surface area (Å²) in [5.74, 6) is 1.35. The topological polar surface area (TPSA) is 86.0 Å². The van der Waals surface area contributed by atoms with Gasteiger partial charge in [0.2, 0.25) is 0 Å². The number of likely N-dealkylation sites (tertiary alicyclic amines) is 2. The van der Waals surface area contributed by atoms with Gasteiger partial charge in [0.1, 0.15) is 24.1 Å². The number of aliphatic hydroxyl groups excluding tert-OH is 1. The fraction of sp³-hybridized carbons (Fsp3) is 0.667. The minimum atomic E-state index is -0.624. The molecule has 5 atom stereocenters. The van der Waals surface area contributed by atoms with Crippen molar-refractivity contribution in [1.82, 2.24) is 9.80 Å². The fourth-order valence-electron chi connectivity index (χ4n) is 4.71. The van der Waals surface area contributed by atoms with Gasteiger partial charge in [-0.3, -0.25) is 4.90 Å². The number of β-amino-alcohol motifs (C(OH)–C–C–N with tert-alkyl or cyclic N) is 1. The van der Waals surface area contributed by atoms with Gasteiger partial charge in [-0.1, -0.05) is 0 Å². The van der Waals surface area contributed by atoms with Crippen molar-refractivity contribution in [1.29, 1.82) is 5.26 Å². The van der Waals surface area contributed by atoms with Crippen LogP contribution < -0.4 is 4.74 Å². The fourth-order valence-corrected chi connectivity index (χ4v) is 4.71. The van der Waals surface area contributed by atoms with Crippen molar-refractivity contribution in [2.24, 2.45) is 11.8 Å². The number of ether oxygens (including phenoxy) is 2. The quantitative estimate of drug-likeness (QED) is 0.773. The lowest BCUT2D eigenvalue weighted by molar-refractivity contribution is -0.0679. The van der Waals surface area contributed by atoms with E-state index in [0.717, 1.165) is 6.42 Å². The number of aliphatic hydroxyl groups is 1. The average molecular weight is 430 g/mol. The van der Waals surface area contributed by atoms with Gasteiger partial charge in [0.15, 0.2) is 0 Å². The van der Waals surface area contributed by atoms with Gasteiger partial charge in [-0.15, -0.1) is 0 Å². The number of carbonyl (C=O) groups excluding carboxylic acids is 1. The van der Waals surface area contributed by atoms with Gasteiger partial charge >= 0.3 is 6.09 Å². The number of hydrogen-bond donors (Lipinski definition) is 1. The maximum Gasteiger partial charge on any atom is 0.410 e. The van der Waals surface area contributed by atoms with Crippen LogP contribution in [0.25, 0.3) is 0 Å². The van der Waals surface area contributed by atoms with Crippen LogP contribution in [0.1, 0.15) is 46.6 Å². The zero-order chi connectivity index (χ0) is 22.8. The van der Waals surface area contributed by atoms with Gasteiger partial charge in [-0.05, 0) is 77.1 Å². The number of benzene rings is 1. The van der Waals surface area contributed by atoms with Crippen molar-refractivity contribution in [2.45, 2.75) is 64.8 Å². The summed E-state index contributed by atoms with van der Waals surface area (Å²) in [7, 11) is 0. The molecular weight excluding hydrogens is 394 g/mol. The molecule has 4 unspecified atom stereocenters. The van der Waals surface area contributed by atoms with Gasteiger partial charge in [-0.2, -0.15) is 5.26 Å². The number of nitriles is 1. The van der Waals surface area contributed by atoms with Crippen molar-refractivity contribution >= 4 is 6.09 Å². The Kier molecular flexibility index (Phi) is 7.13. The van der Waals surface area contributed by atoms with Crippen molar-refractivity contribution in [3.8, 4) is 11.8 Å². The molecule has 2 fully saturated rings. The number of fused-ring (bicyclic) bond motifs is 2. The van der Waals surface area contributed by atoms with E-state index in [1.54, 1.807) is 24.3 Å². The van der Waals surface area contributed by atoms with Gasteiger partial charge in [0, 0.05) is 31.7 Å². The minimum absolute atomic E-state index is 0.196. The van der Waals surface area contributed by atoms with E-state index in [-0.39, 0.29) is 24.8 Å². The van der Waals surface area contributed by atoms with Crippen LogP contribution in [0.3, 0.4) is 0 Å². The first-order chi connectivity index (χ1) is 14.6. The van der Waals surface area contributed by atoms with Gasteiger partial charge in [-0.25, -0.2) is 4.79 Å². The lowest BCUT2D eigenvalue weighted by Gasteiger charge is -2.53. The Labute approximate surface area is 185 Å². The third-order valence-corrected chi connectivity index (χ3v) is 6.43. The summed E-state index contributed by atoms with van der Waals surface area (Å²) in [4.78, 5) is 16.8. The average Bonchev–Trinajstić information content (AvgIpc) is 2.73.